The first-order valence-electron chi connectivity index (χ1n) is 9.89. The lowest BCUT2D eigenvalue weighted by Crippen LogP contribution is -2.71. The van der Waals surface area contributed by atoms with Crippen LogP contribution in [-0.2, 0) is 25.8 Å². The highest BCUT2D eigenvalue weighted by molar-refractivity contribution is 8.01. The number of nitrogens with two attached hydrogens (primary N) is 1. The van der Waals surface area contributed by atoms with Crippen LogP contribution in [-0.4, -0.2) is 88.7 Å². The molecule has 4 N–H and O–H groups in total. The smallest absolute Gasteiger partial charge is 0.352 e. The molecule has 0 bridgehead atoms. The van der Waals surface area contributed by atoms with E-state index in [-0.39, 0.29) is 28.0 Å². The van der Waals surface area contributed by atoms with Gasteiger partial charge in [-0.2, -0.15) is 0 Å². The second kappa shape index (κ2) is 10.4. The van der Waals surface area contributed by atoms with Gasteiger partial charge in [-0.15, -0.1) is 34.8 Å². The molecule has 35 heavy (non-hydrogen) atoms. The average Bonchev–Trinajstić information content (AvgIpc) is 3.47. The Bertz CT molecular complexity index is 1240. The molecule has 17 heteroatoms. The molecule has 2 aliphatic rings. The van der Waals surface area contributed by atoms with Gasteiger partial charge in [-0.3, -0.25) is 14.5 Å². The third kappa shape index (κ3) is 4.87. The van der Waals surface area contributed by atoms with E-state index in [9.17, 15) is 19.5 Å². The normalized spacial score (nSPS) is 19.7. The third-order valence-corrected chi connectivity index (χ3v) is 7.93. The number of allylic oxidation sites excluding steroid dienone is 1. The van der Waals surface area contributed by atoms with E-state index >= 15 is 0 Å². The number of carbonyl (C=O) groups is 3. The zero-order chi connectivity index (χ0) is 25.1. The zero-order valence-electron chi connectivity index (χ0n) is 18.2. The van der Waals surface area contributed by atoms with E-state index in [0.29, 0.717) is 23.0 Å². The lowest BCUT2D eigenvalue weighted by atomic mass is 10.0. The van der Waals surface area contributed by atoms with Crippen LogP contribution in [0.3, 0.4) is 0 Å². The topological polar surface area (TPSA) is 191 Å². The van der Waals surface area contributed by atoms with Crippen molar-refractivity contribution >= 4 is 63.5 Å². The van der Waals surface area contributed by atoms with Gasteiger partial charge in [-0.05, 0) is 16.0 Å². The molecule has 1 fully saturated rings. The van der Waals surface area contributed by atoms with E-state index in [4.69, 9.17) is 10.6 Å². The first-order chi connectivity index (χ1) is 16.8. The molecule has 0 radical (unpaired) electrons. The maximum atomic E-state index is 12.9. The first-order valence-corrected chi connectivity index (χ1v) is 12.8. The maximum Gasteiger partial charge on any atom is 0.352 e. The van der Waals surface area contributed by atoms with Crippen molar-refractivity contribution in [2.24, 2.45) is 5.16 Å². The number of nitrogens with zero attached hydrogens (tertiary/aromatic N) is 7. The summed E-state index contributed by atoms with van der Waals surface area (Å²) < 4.78 is 1.53. The SMILES string of the molecule is C=CCn1nnnc1SCC1=C(C(=O)O)N2C(=O)C(NC(=O)C(=NOC)c3csc(N)n3)[C@@H]2SC1. The monoisotopic (exact) mass is 537 g/mol. The number of carboxylic acid groups (broad SMARTS) is 1. The minimum Gasteiger partial charge on any atom is -0.477 e. The second-order valence-electron chi connectivity index (χ2n) is 7.03. The molecule has 0 saturated carbocycles. The Morgan fingerprint density at radius 3 is 2.97 bits per heavy atom. The molecule has 1 unspecified atom stereocenters. The number of rotatable bonds is 10. The first kappa shape index (κ1) is 24.7. The third-order valence-electron chi connectivity index (χ3n) is 4.88. The van der Waals surface area contributed by atoms with Crippen molar-refractivity contribution in [2.45, 2.75) is 23.1 Å². The molecule has 0 aliphatic carbocycles. The molecule has 2 atom stereocenters. The van der Waals surface area contributed by atoms with Crippen molar-refractivity contribution in [3.05, 3.63) is 35.0 Å². The number of thioether (sulfide) groups is 2. The standard InChI is InChI=1S/C18H19N9O5S3/c1-3-4-26-18(22-24-25-26)35-6-8-5-33-15-11(14(29)27(15)12(8)16(30)31)21-13(28)10(23-32-2)9-7-34-17(19)20-9/h3,7,11,15H,1,4-6H2,2H3,(H2,19,20)(H,21,28)(H,30,31)/t11?,15-/m0/s1. The summed E-state index contributed by atoms with van der Waals surface area (Å²) >= 11 is 3.73. The summed E-state index contributed by atoms with van der Waals surface area (Å²) in [7, 11) is 1.27. The fourth-order valence-electron chi connectivity index (χ4n) is 3.38. The fraction of sp³-hybridized carbons (Fsp3) is 0.333. The Balaban J connectivity index is 1.48. The van der Waals surface area contributed by atoms with E-state index in [1.54, 1.807) is 6.08 Å². The number of fused-ring (bicyclic) bond motifs is 1. The number of aliphatic carboxylic acids is 1. The highest BCUT2D eigenvalue weighted by Gasteiger charge is 2.54. The molecule has 184 valence electrons. The maximum absolute atomic E-state index is 12.9. The number of carboxylic acids is 1. The Kier molecular flexibility index (Phi) is 7.37. The van der Waals surface area contributed by atoms with Crippen molar-refractivity contribution < 1.29 is 24.3 Å². The number of thiazole rings is 1. The molecule has 0 spiro atoms. The predicted molar refractivity (Wildman–Crippen MR) is 128 cm³/mol. The van der Waals surface area contributed by atoms with Gasteiger partial charge in [0.1, 0.15) is 29.9 Å². The second-order valence-corrected chi connectivity index (χ2v) is 9.97. The Hall–Kier alpha value is -3.44. The molecule has 0 aromatic carbocycles. The number of amides is 2. The van der Waals surface area contributed by atoms with Crippen LogP contribution >= 0.6 is 34.9 Å². The quantitative estimate of drug-likeness (QED) is 0.119. The Morgan fingerprint density at radius 2 is 2.31 bits per heavy atom. The summed E-state index contributed by atoms with van der Waals surface area (Å²) in [6.07, 6.45) is 1.64. The highest BCUT2D eigenvalue weighted by atomic mass is 32.2. The molecule has 4 rings (SSSR count). The number of hydrogen-bond acceptors (Lipinski definition) is 13. The summed E-state index contributed by atoms with van der Waals surface area (Å²) in [6.45, 7) is 4.06. The van der Waals surface area contributed by atoms with Crippen LogP contribution in [0.25, 0.3) is 0 Å². The summed E-state index contributed by atoms with van der Waals surface area (Å²) in [4.78, 5) is 47.8. The van der Waals surface area contributed by atoms with E-state index < -0.39 is 29.2 Å². The lowest BCUT2D eigenvalue weighted by molar-refractivity contribution is -0.150. The van der Waals surface area contributed by atoms with Crippen molar-refractivity contribution in [2.75, 3.05) is 24.3 Å². The summed E-state index contributed by atoms with van der Waals surface area (Å²) in [5, 5.41) is 29.3. The largest absolute Gasteiger partial charge is 0.477 e. The molecule has 1 saturated heterocycles. The van der Waals surface area contributed by atoms with Crippen LogP contribution in [0.5, 0.6) is 0 Å². The minimum absolute atomic E-state index is 0.0995. The van der Waals surface area contributed by atoms with Crippen molar-refractivity contribution in [1.29, 1.82) is 0 Å². The number of anilines is 1. The molecular formula is C18H19N9O5S3. The van der Waals surface area contributed by atoms with Gasteiger partial charge in [0.25, 0.3) is 11.8 Å². The van der Waals surface area contributed by atoms with Gasteiger partial charge in [0.2, 0.25) is 5.16 Å². The number of carbonyl (C=O) groups excluding carboxylic acids is 2. The average molecular weight is 538 g/mol. The van der Waals surface area contributed by atoms with Crippen LogP contribution in [0, 0.1) is 0 Å². The van der Waals surface area contributed by atoms with Crippen LogP contribution < -0.4 is 11.1 Å². The summed E-state index contributed by atoms with van der Waals surface area (Å²) in [6, 6.07) is -0.936. The molecule has 2 aliphatic heterocycles. The van der Waals surface area contributed by atoms with Crippen LogP contribution in [0.2, 0.25) is 0 Å². The number of oxime groups is 1. The molecule has 2 aromatic heterocycles. The molecule has 14 nitrogen and oxygen atoms in total. The van der Waals surface area contributed by atoms with Gasteiger partial charge in [0.15, 0.2) is 10.8 Å². The van der Waals surface area contributed by atoms with E-state index in [1.165, 1.54) is 45.6 Å². The van der Waals surface area contributed by atoms with Gasteiger partial charge in [0, 0.05) is 16.9 Å². The minimum atomic E-state index is -1.23. The van der Waals surface area contributed by atoms with Crippen molar-refractivity contribution in [1.82, 2.24) is 35.4 Å². The Labute approximate surface area is 210 Å². The van der Waals surface area contributed by atoms with Gasteiger partial charge >= 0.3 is 5.97 Å². The van der Waals surface area contributed by atoms with Crippen molar-refractivity contribution in [3.8, 4) is 0 Å². The van der Waals surface area contributed by atoms with Gasteiger partial charge in [0.05, 0.1) is 6.54 Å². The van der Waals surface area contributed by atoms with Crippen LogP contribution in [0.1, 0.15) is 5.69 Å². The molecule has 2 amide bonds. The Morgan fingerprint density at radius 1 is 1.51 bits per heavy atom. The number of nitrogens with one attached hydrogen (secondary N) is 1. The highest BCUT2D eigenvalue weighted by Crippen LogP contribution is 2.41. The number of aromatic nitrogens is 5. The van der Waals surface area contributed by atoms with E-state index in [2.05, 4.69) is 37.6 Å². The van der Waals surface area contributed by atoms with Crippen LogP contribution in [0.4, 0.5) is 5.13 Å². The zero-order valence-corrected chi connectivity index (χ0v) is 20.6. The van der Waals surface area contributed by atoms with Gasteiger partial charge in [-0.25, -0.2) is 14.5 Å². The number of nitrogen functional groups attached to an aromatic ring is 1. The molecule has 4 heterocycles. The number of tetrazole rings is 1. The summed E-state index contributed by atoms with van der Waals surface area (Å²) in [5.41, 5.74) is 6.15. The van der Waals surface area contributed by atoms with Gasteiger partial charge in [-0.1, -0.05) is 23.0 Å². The van der Waals surface area contributed by atoms with Crippen molar-refractivity contribution in [3.63, 3.8) is 0 Å². The number of β-lactam (4-membered cyclic amide) rings is 1. The fourth-order valence-corrected chi connectivity index (χ4v) is 6.30. The summed E-state index contributed by atoms with van der Waals surface area (Å²) in [5.74, 6) is -1.84. The van der Waals surface area contributed by atoms with E-state index in [0.717, 1.165) is 11.3 Å². The number of hydrogen-bond donors (Lipinski definition) is 3. The molecule has 2 aromatic rings. The van der Waals surface area contributed by atoms with E-state index in [1.807, 2.05) is 0 Å². The molecular weight excluding hydrogens is 518 g/mol. The lowest BCUT2D eigenvalue weighted by Gasteiger charge is -2.49. The van der Waals surface area contributed by atoms with Gasteiger partial charge < -0.3 is 21.0 Å². The van der Waals surface area contributed by atoms with Crippen LogP contribution in [0.15, 0.2) is 39.6 Å². The predicted octanol–water partition coefficient (Wildman–Crippen LogP) is -0.221.